The molecule has 1 aromatic rings. The zero-order valence-electron chi connectivity index (χ0n) is 12.1. The molecule has 5 nitrogen and oxygen atoms in total. The second-order valence-electron chi connectivity index (χ2n) is 5.39. The van der Waals surface area contributed by atoms with Crippen molar-refractivity contribution >= 4 is 17.6 Å². The summed E-state index contributed by atoms with van der Waals surface area (Å²) in [5, 5.41) is 0. The van der Waals surface area contributed by atoms with E-state index in [0.29, 0.717) is 24.3 Å². The fourth-order valence-corrected chi connectivity index (χ4v) is 2.63. The molecule has 20 heavy (non-hydrogen) atoms. The predicted octanol–water partition coefficient (Wildman–Crippen LogP) is 1.46. The lowest BCUT2D eigenvalue weighted by Crippen LogP contribution is -2.30. The van der Waals surface area contributed by atoms with Crippen LogP contribution in [-0.4, -0.2) is 37.0 Å². The zero-order chi connectivity index (χ0) is 14.9. The van der Waals surface area contributed by atoms with Gasteiger partial charge in [-0.1, -0.05) is 13.0 Å². The van der Waals surface area contributed by atoms with E-state index in [0.717, 1.165) is 5.56 Å². The number of esters is 1. The topological polar surface area (TPSA) is 72.6 Å². The standard InChI is InChI=1S/C15H20N2O3/c1-9-4-5-11(16)6-12(9)14(18)17-7-10(2)13(8-17)15(19)20-3/h4-6,10,13H,7-8,16H2,1-3H3. The highest BCUT2D eigenvalue weighted by Gasteiger charge is 2.38. The first-order chi connectivity index (χ1) is 9.43. The molecule has 0 spiro atoms. The van der Waals surface area contributed by atoms with Crippen molar-refractivity contribution in [2.24, 2.45) is 11.8 Å². The number of hydrogen-bond acceptors (Lipinski definition) is 4. The van der Waals surface area contributed by atoms with Crippen LogP contribution in [0.15, 0.2) is 18.2 Å². The SMILES string of the molecule is COC(=O)C1CN(C(=O)c2cc(N)ccc2C)CC1C. The van der Waals surface area contributed by atoms with Gasteiger partial charge in [-0.3, -0.25) is 9.59 Å². The number of benzene rings is 1. The third kappa shape index (κ3) is 2.61. The Balaban J connectivity index is 2.19. The molecule has 2 unspecified atom stereocenters. The Morgan fingerprint density at radius 3 is 2.70 bits per heavy atom. The van der Waals surface area contributed by atoms with Gasteiger partial charge in [-0.05, 0) is 30.5 Å². The fourth-order valence-electron chi connectivity index (χ4n) is 2.63. The molecule has 1 heterocycles. The Morgan fingerprint density at radius 1 is 1.35 bits per heavy atom. The summed E-state index contributed by atoms with van der Waals surface area (Å²) in [7, 11) is 1.38. The summed E-state index contributed by atoms with van der Waals surface area (Å²) in [6.45, 7) is 4.80. The summed E-state index contributed by atoms with van der Waals surface area (Å²) < 4.78 is 4.78. The highest BCUT2D eigenvalue weighted by molar-refractivity contribution is 5.97. The molecular formula is C15H20N2O3. The van der Waals surface area contributed by atoms with Gasteiger partial charge in [0.1, 0.15) is 0 Å². The lowest BCUT2D eigenvalue weighted by atomic mass is 9.99. The lowest BCUT2D eigenvalue weighted by molar-refractivity contribution is -0.146. The van der Waals surface area contributed by atoms with Crippen molar-refractivity contribution in [3.63, 3.8) is 0 Å². The molecule has 2 atom stereocenters. The number of anilines is 1. The van der Waals surface area contributed by atoms with Crippen LogP contribution in [0.25, 0.3) is 0 Å². The lowest BCUT2D eigenvalue weighted by Gasteiger charge is -2.17. The number of hydrogen-bond donors (Lipinski definition) is 1. The smallest absolute Gasteiger partial charge is 0.310 e. The average Bonchev–Trinajstić information content (AvgIpc) is 2.82. The number of carbonyl (C=O) groups is 2. The number of rotatable bonds is 2. The highest BCUT2D eigenvalue weighted by Crippen LogP contribution is 2.26. The minimum Gasteiger partial charge on any atom is -0.469 e. The number of nitrogens with two attached hydrogens (primary N) is 1. The van der Waals surface area contributed by atoms with Crippen LogP contribution in [0.2, 0.25) is 0 Å². The van der Waals surface area contributed by atoms with Gasteiger partial charge in [0.15, 0.2) is 0 Å². The molecule has 0 saturated carbocycles. The van der Waals surface area contributed by atoms with Crippen molar-refractivity contribution in [3.05, 3.63) is 29.3 Å². The number of methoxy groups -OCH3 is 1. The van der Waals surface area contributed by atoms with Crippen molar-refractivity contribution < 1.29 is 14.3 Å². The van der Waals surface area contributed by atoms with Crippen LogP contribution in [0.1, 0.15) is 22.8 Å². The third-order valence-electron chi connectivity index (χ3n) is 3.90. The van der Waals surface area contributed by atoms with Crippen molar-refractivity contribution in [2.75, 3.05) is 25.9 Å². The number of likely N-dealkylation sites (tertiary alicyclic amines) is 1. The number of nitrogen functional groups attached to an aromatic ring is 1. The van der Waals surface area contributed by atoms with Gasteiger partial charge in [-0.25, -0.2) is 0 Å². The summed E-state index contributed by atoms with van der Waals surface area (Å²) in [6, 6.07) is 5.30. The van der Waals surface area contributed by atoms with Gasteiger partial charge in [0.05, 0.1) is 13.0 Å². The zero-order valence-corrected chi connectivity index (χ0v) is 12.1. The largest absolute Gasteiger partial charge is 0.469 e. The minimum atomic E-state index is -0.253. The molecule has 5 heteroatoms. The molecule has 1 saturated heterocycles. The average molecular weight is 276 g/mol. The van der Waals surface area contributed by atoms with Crippen LogP contribution >= 0.6 is 0 Å². The van der Waals surface area contributed by atoms with Crippen molar-refractivity contribution in [3.8, 4) is 0 Å². The quantitative estimate of drug-likeness (QED) is 0.655. The number of carbonyl (C=O) groups excluding carboxylic acids is 2. The monoisotopic (exact) mass is 276 g/mol. The van der Waals surface area contributed by atoms with Crippen LogP contribution in [0, 0.1) is 18.8 Å². The molecular weight excluding hydrogens is 256 g/mol. The van der Waals surface area contributed by atoms with Crippen molar-refractivity contribution in [1.29, 1.82) is 0 Å². The second kappa shape index (κ2) is 5.53. The number of ether oxygens (including phenoxy) is 1. The first-order valence-corrected chi connectivity index (χ1v) is 6.67. The first-order valence-electron chi connectivity index (χ1n) is 6.67. The maximum absolute atomic E-state index is 12.5. The summed E-state index contributed by atoms with van der Waals surface area (Å²) in [6.07, 6.45) is 0. The van der Waals surface area contributed by atoms with E-state index in [-0.39, 0.29) is 23.7 Å². The van der Waals surface area contributed by atoms with Crippen molar-refractivity contribution in [1.82, 2.24) is 4.90 Å². The van der Waals surface area contributed by atoms with E-state index in [9.17, 15) is 9.59 Å². The van der Waals surface area contributed by atoms with Crippen LogP contribution in [-0.2, 0) is 9.53 Å². The molecule has 0 aliphatic carbocycles. The Kier molecular flexibility index (Phi) is 3.97. The van der Waals surface area contributed by atoms with Gasteiger partial charge in [0.2, 0.25) is 0 Å². The summed E-state index contributed by atoms with van der Waals surface area (Å²) >= 11 is 0. The van der Waals surface area contributed by atoms with Gasteiger partial charge in [0, 0.05) is 24.3 Å². The van der Waals surface area contributed by atoms with Gasteiger partial charge in [-0.2, -0.15) is 0 Å². The highest BCUT2D eigenvalue weighted by atomic mass is 16.5. The molecule has 0 bridgehead atoms. The minimum absolute atomic E-state index is 0.0759. The van der Waals surface area contributed by atoms with E-state index < -0.39 is 0 Å². The number of aryl methyl sites for hydroxylation is 1. The van der Waals surface area contributed by atoms with Crippen LogP contribution in [0.4, 0.5) is 5.69 Å². The van der Waals surface area contributed by atoms with E-state index in [1.54, 1.807) is 17.0 Å². The molecule has 1 amide bonds. The molecule has 1 aliphatic heterocycles. The van der Waals surface area contributed by atoms with E-state index in [2.05, 4.69) is 0 Å². The maximum atomic E-state index is 12.5. The summed E-state index contributed by atoms with van der Waals surface area (Å²) in [5.74, 6) is -0.469. The van der Waals surface area contributed by atoms with E-state index in [1.807, 2.05) is 19.9 Å². The molecule has 1 fully saturated rings. The number of amides is 1. The molecule has 2 rings (SSSR count). The third-order valence-corrected chi connectivity index (χ3v) is 3.90. The summed E-state index contributed by atoms with van der Waals surface area (Å²) in [4.78, 5) is 25.9. The van der Waals surface area contributed by atoms with Gasteiger partial charge >= 0.3 is 5.97 Å². The van der Waals surface area contributed by atoms with Gasteiger partial charge in [-0.15, -0.1) is 0 Å². The molecule has 1 aliphatic rings. The van der Waals surface area contributed by atoms with Gasteiger partial charge < -0.3 is 15.4 Å². The van der Waals surface area contributed by atoms with Crippen LogP contribution in [0.3, 0.4) is 0 Å². The molecule has 0 radical (unpaired) electrons. The molecule has 1 aromatic carbocycles. The van der Waals surface area contributed by atoms with E-state index >= 15 is 0 Å². The Bertz CT molecular complexity index is 542. The van der Waals surface area contributed by atoms with Crippen LogP contribution < -0.4 is 5.73 Å². The number of nitrogens with zero attached hydrogens (tertiary/aromatic N) is 1. The maximum Gasteiger partial charge on any atom is 0.310 e. The Morgan fingerprint density at radius 2 is 2.05 bits per heavy atom. The normalized spacial score (nSPS) is 21.9. The Labute approximate surface area is 118 Å². The van der Waals surface area contributed by atoms with E-state index in [4.69, 9.17) is 10.5 Å². The first kappa shape index (κ1) is 14.4. The molecule has 2 N–H and O–H groups in total. The second-order valence-corrected chi connectivity index (χ2v) is 5.39. The van der Waals surface area contributed by atoms with Gasteiger partial charge in [0.25, 0.3) is 5.91 Å². The molecule has 0 aromatic heterocycles. The Hall–Kier alpha value is -2.04. The molecule has 108 valence electrons. The summed E-state index contributed by atoms with van der Waals surface area (Å²) in [5.41, 5.74) is 7.80. The van der Waals surface area contributed by atoms with E-state index in [1.165, 1.54) is 7.11 Å². The fraction of sp³-hybridized carbons (Fsp3) is 0.467. The van der Waals surface area contributed by atoms with Crippen LogP contribution in [0.5, 0.6) is 0 Å². The van der Waals surface area contributed by atoms with Crippen molar-refractivity contribution in [2.45, 2.75) is 13.8 Å². The predicted molar refractivity (Wildman–Crippen MR) is 76.2 cm³/mol.